The smallest absolute Gasteiger partial charge is 0.328 e. The maximum atomic E-state index is 12.1. The summed E-state index contributed by atoms with van der Waals surface area (Å²) in [6.45, 7) is 2.56. The highest BCUT2D eigenvalue weighted by atomic mass is 79.9. The highest BCUT2D eigenvalue weighted by Gasteiger charge is 2.21. The third kappa shape index (κ3) is 4.14. The zero-order chi connectivity index (χ0) is 17.8. The van der Waals surface area contributed by atoms with Crippen LogP contribution in [-0.2, 0) is 16.1 Å². The van der Waals surface area contributed by atoms with E-state index in [1.165, 1.54) is 12.3 Å². The van der Waals surface area contributed by atoms with E-state index in [0.717, 1.165) is 10.0 Å². The molecule has 2 aromatic rings. The number of carbonyl (C=O) groups is 2. The molecule has 0 saturated heterocycles. The Balaban J connectivity index is 1.57. The number of hydrogen-bond donors (Lipinski definition) is 1. The Morgan fingerprint density at radius 1 is 1.28 bits per heavy atom. The monoisotopic (exact) mass is 409 g/mol. The van der Waals surface area contributed by atoms with Crippen molar-refractivity contribution in [2.24, 2.45) is 0 Å². The Kier molecular flexibility index (Phi) is 5.28. The van der Waals surface area contributed by atoms with Gasteiger partial charge in [0.1, 0.15) is 25.9 Å². The standard InChI is InChI=1S/C17H16BrNO6/c1-10(19-16(20)13-3-2-4-22-13)17(21)25-9-11-7-14-15(8-12(11)18)24-6-5-23-14/h2-4,7-8,10H,5-6,9H2,1H3,(H,19,20). The molecule has 25 heavy (non-hydrogen) atoms. The van der Waals surface area contributed by atoms with Crippen LogP contribution in [0.4, 0.5) is 0 Å². The highest BCUT2D eigenvalue weighted by Crippen LogP contribution is 2.35. The summed E-state index contributed by atoms with van der Waals surface area (Å²) in [5, 5.41) is 2.52. The van der Waals surface area contributed by atoms with Gasteiger partial charge in [0.15, 0.2) is 17.3 Å². The Morgan fingerprint density at radius 2 is 2.00 bits per heavy atom. The number of furan rings is 1. The molecular formula is C17H16BrNO6. The molecule has 1 aromatic heterocycles. The van der Waals surface area contributed by atoms with Gasteiger partial charge in [-0.25, -0.2) is 4.79 Å². The lowest BCUT2D eigenvalue weighted by Crippen LogP contribution is -2.39. The zero-order valence-corrected chi connectivity index (χ0v) is 15.0. The van der Waals surface area contributed by atoms with Gasteiger partial charge >= 0.3 is 5.97 Å². The first-order valence-electron chi connectivity index (χ1n) is 7.63. The van der Waals surface area contributed by atoms with Crippen molar-refractivity contribution in [3.8, 4) is 11.5 Å². The van der Waals surface area contributed by atoms with Gasteiger partial charge in [-0.2, -0.15) is 0 Å². The molecule has 2 heterocycles. The molecule has 0 bridgehead atoms. The van der Waals surface area contributed by atoms with Gasteiger partial charge in [-0.05, 0) is 31.2 Å². The van der Waals surface area contributed by atoms with Crippen LogP contribution in [0.25, 0.3) is 0 Å². The van der Waals surface area contributed by atoms with E-state index >= 15 is 0 Å². The van der Waals surface area contributed by atoms with Crippen molar-refractivity contribution in [2.75, 3.05) is 13.2 Å². The minimum atomic E-state index is -0.811. The van der Waals surface area contributed by atoms with Crippen molar-refractivity contribution in [3.63, 3.8) is 0 Å². The summed E-state index contributed by atoms with van der Waals surface area (Å²) in [6.07, 6.45) is 1.39. The van der Waals surface area contributed by atoms with Crippen LogP contribution in [0, 0.1) is 0 Å². The van der Waals surface area contributed by atoms with E-state index in [1.807, 2.05) is 0 Å². The first kappa shape index (κ1) is 17.3. The van der Waals surface area contributed by atoms with Crippen LogP contribution < -0.4 is 14.8 Å². The number of ether oxygens (including phenoxy) is 3. The number of nitrogens with one attached hydrogen (secondary N) is 1. The third-order valence-corrected chi connectivity index (χ3v) is 4.27. The first-order valence-corrected chi connectivity index (χ1v) is 8.43. The molecule has 1 amide bonds. The molecule has 0 spiro atoms. The van der Waals surface area contributed by atoms with E-state index in [0.29, 0.717) is 24.7 Å². The fourth-order valence-electron chi connectivity index (χ4n) is 2.23. The minimum Gasteiger partial charge on any atom is -0.486 e. The second kappa shape index (κ2) is 7.60. The molecule has 1 unspecified atom stereocenters. The lowest BCUT2D eigenvalue weighted by Gasteiger charge is -2.20. The summed E-state index contributed by atoms with van der Waals surface area (Å²) in [6, 6.07) is 5.84. The number of hydrogen-bond acceptors (Lipinski definition) is 6. The average Bonchev–Trinajstić information content (AvgIpc) is 3.14. The predicted molar refractivity (Wildman–Crippen MR) is 90.6 cm³/mol. The zero-order valence-electron chi connectivity index (χ0n) is 13.4. The Hall–Kier alpha value is -2.48. The Labute approximate surface area is 152 Å². The van der Waals surface area contributed by atoms with Crippen LogP contribution in [0.3, 0.4) is 0 Å². The van der Waals surface area contributed by atoms with E-state index in [4.69, 9.17) is 18.6 Å². The van der Waals surface area contributed by atoms with Crippen LogP contribution in [0.15, 0.2) is 39.4 Å². The summed E-state index contributed by atoms with van der Waals surface area (Å²) in [7, 11) is 0. The number of rotatable bonds is 5. The van der Waals surface area contributed by atoms with Gasteiger partial charge in [0.2, 0.25) is 0 Å². The molecule has 0 aliphatic carbocycles. The van der Waals surface area contributed by atoms with Gasteiger partial charge in [0.25, 0.3) is 5.91 Å². The molecule has 0 fully saturated rings. The van der Waals surface area contributed by atoms with Gasteiger partial charge < -0.3 is 23.9 Å². The topological polar surface area (TPSA) is 87.0 Å². The van der Waals surface area contributed by atoms with Crippen LogP contribution in [0.1, 0.15) is 23.0 Å². The summed E-state index contributed by atoms with van der Waals surface area (Å²) < 4.78 is 22.0. The van der Waals surface area contributed by atoms with Crippen LogP contribution in [0.5, 0.6) is 11.5 Å². The number of benzene rings is 1. The summed E-state index contributed by atoms with van der Waals surface area (Å²) in [5.41, 5.74) is 0.738. The van der Waals surface area contributed by atoms with E-state index in [1.54, 1.807) is 25.1 Å². The molecule has 1 atom stereocenters. The van der Waals surface area contributed by atoms with Crippen molar-refractivity contribution in [1.29, 1.82) is 0 Å². The van der Waals surface area contributed by atoms with Gasteiger partial charge in [0, 0.05) is 10.0 Å². The minimum absolute atomic E-state index is 0.0387. The molecule has 7 nitrogen and oxygen atoms in total. The molecule has 8 heteroatoms. The summed E-state index contributed by atoms with van der Waals surface area (Å²) >= 11 is 3.42. The lowest BCUT2D eigenvalue weighted by molar-refractivity contribution is -0.146. The van der Waals surface area contributed by atoms with Crippen LogP contribution in [-0.4, -0.2) is 31.1 Å². The van der Waals surface area contributed by atoms with Crippen molar-refractivity contribution in [2.45, 2.75) is 19.6 Å². The molecule has 132 valence electrons. The molecule has 1 aliphatic rings. The number of amides is 1. The van der Waals surface area contributed by atoms with Crippen LogP contribution >= 0.6 is 15.9 Å². The van der Waals surface area contributed by atoms with E-state index in [9.17, 15) is 9.59 Å². The number of carbonyl (C=O) groups excluding carboxylic acids is 2. The predicted octanol–water partition coefficient (Wildman–Crippen LogP) is 2.68. The molecule has 0 radical (unpaired) electrons. The largest absolute Gasteiger partial charge is 0.486 e. The van der Waals surface area contributed by atoms with Crippen molar-refractivity contribution in [3.05, 3.63) is 46.3 Å². The fourth-order valence-corrected chi connectivity index (χ4v) is 2.66. The Morgan fingerprint density at radius 3 is 2.68 bits per heavy atom. The van der Waals surface area contributed by atoms with Gasteiger partial charge in [-0.1, -0.05) is 15.9 Å². The van der Waals surface area contributed by atoms with Crippen molar-refractivity contribution >= 4 is 27.8 Å². The molecule has 1 aliphatic heterocycles. The fraction of sp³-hybridized carbons (Fsp3) is 0.294. The Bertz CT molecular complexity index is 774. The van der Waals surface area contributed by atoms with Crippen LogP contribution in [0.2, 0.25) is 0 Å². The van der Waals surface area contributed by atoms with Gasteiger partial charge in [0.05, 0.1) is 6.26 Å². The molecule has 0 saturated carbocycles. The second-order valence-electron chi connectivity index (χ2n) is 5.37. The van der Waals surface area contributed by atoms with Crippen molar-refractivity contribution < 1.29 is 28.2 Å². The average molecular weight is 410 g/mol. The SMILES string of the molecule is CC(NC(=O)c1ccco1)C(=O)OCc1cc2c(cc1Br)OCCO2. The summed E-state index contributed by atoms with van der Waals surface area (Å²) in [5.74, 6) is 0.359. The quantitative estimate of drug-likeness (QED) is 0.763. The normalized spacial score (nSPS) is 13.8. The van der Waals surface area contributed by atoms with E-state index < -0.39 is 17.9 Å². The number of halogens is 1. The highest BCUT2D eigenvalue weighted by molar-refractivity contribution is 9.10. The maximum Gasteiger partial charge on any atom is 0.328 e. The number of fused-ring (bicyclic) bond motifs is 1. The second-order valence-corrected chi connectivity index (χ2v) is 6.22. The van der Waals surface area contributed by atoms with Gasteiger partial charge in [-0.15, -0.1) is 0 Å². The lowest BCUT2D eigenvalue weighted by atomic mass is 10.2. The van der Waals surface area contributed by atoms with Crippen molar-refractivity contribution in [1.82, 2.24) is 5.32 Å². The molecular weight excluding hydrogens is 394 g/mol. The molecule has 3 rings (SSSR count). The maximum absolute atomic E-state index is 12.1. The molecule has 1 aromatic carbocycles. The summed E-state index contributed by atoms with van der Waals surface area (Å²) in [4.78, 5) is 23.9. The number of esters is 1. The first-order chi connectivity index (χ1) is 12.0. The third-order valence-electron chi connectivity index (χ3n) is 3.53. The molecule has 1 N–H and O–H groups in total. The van der Waals surface area contributed by atoms with E-state index in [2.05, 4.69) is 21.2 Å². The van der Waals surface area contributed by atoms with Gasteiger partial charge in [-0.3, -0.25) is 4.79 Å². The van der Waals surface area contributed by atoms with E-state index in [-0.39, 0.29) is 12.4 Å².